The molecule has 1 saturated heterocycles. The summed E-state index contributed by atoms with van der Waals surface area (Å²) in [4.78, 5) is 2.34. The van der Waals surface area contributed by atoms with Crippen molar-refractivity contribution in [1.29, 1.82) is 0 Å². The molecule has 1 fully saturated rings. The highest BCUT2D eigenvalue weighted by atomic mass is 35.5. The zero-order valence-corrected chi connectivity index (χ0v) is 14.5. The summed E-state index contributed by atoms with van der Waals surface area (Å²) in [6.07, 6.45) is 1.35. The highest BCUT2D eigenvalue weighted by molar-refractivity contribution is 6.30. The number of likely N-dealkylation sites (N-methyl/N-ethyl adjacent to an activating group) is 1. The summed E-state index contributed by atoms with van der Waals surface area (Å²) in [6, 6.07) is 6.58. The quantitative estimate of drug-likeness (QED) is 0.914. The van der Waals surface area contributed by atoms with Crippen LogP contribution in [0.4, 0.5) is 5.69 Å². The summed E-state index contributed by atoms with van der Waals surface area (Å²) in [5.41, 5.74) is 2.56. The van der Waals surface area contributed by atoms with Crippen LogP contribution >= 0.6 is 11.6 Å². The molecule has 118 valence electrons. The van der Waals surface area contributed by atoms with E-state index in [9.17, 15) is 0 Å². The number of nitrogens with zero attached hydrogens (tertiary/aromatic N) is 1. The fourth-order valence-electron chi connectivity index (χ4n) is 2.81. The molecule has 2 atom stereocenters. The van der Waals surface area contributed by atoms with Crippen molar-refractivity contribution in [3.63, 3.8) is 0 Å². The Labute approximate surface area is 133 Å². The minimum absolute atomic E-state index is 0.0852. The lowest BCUT2D eigenvalue weighted by atomic mass is 10.0. The van der Waals surface area contributed by atoms with E-state index in [0.717, 1.165) is 24.6 Å². The Kier molecular flexibility index (Phi) is 5.18. The molecular formula is C17H27ClN2O. The van der Waals surface area contributed by atoms with Crippen LogP contribution in [-0.4, -0.2) is 31.3 Å². The van der Waals surface area contributed by atoms with Gasteiger partial charge in [0.05, 0.1) is 12.1 Å². The molecule has 2 unspecified atom stereocenters. The van der Waals surface area contributed by atoms with Crippen LogP contribution in [-0.2, 0) is 11.3 Å². The first-order valence-corrected chi connectivity index (χ1v) is 8.03. The molecule has 1 aromatic carbocycles. The molecule has 3 nitrogen and oxygen atoms in total. The Hall–Kier alpha value is -0.770. The lowest BCUT2D eigenvalue weighted by Gasteiger charge is -2.31. The van der Waals surface area contributed by atoms with Crippen LogP contribution in [0.3, 0.4) is 0 Å². The van der Waals surface area contributed by atoms with Gasteiger partial charge in [0.2, 0.25) is 0 Å². The lowest BCUT2D eigenvalue weighted by molar-refractivity contribution is 0.118. The standard InChI is InChI=1S/C17H27ClN2O/c1-12-15(8-9-21-12)20(5)16-7-6-14(18)10-13(16)11-19-17(2,3)4/h6-7,10,12,15,19H,8-9,11H2,1-5H3. The average Bonchev–Trinajstić information content (AvgIpc) is 2.81. The van der Waals surface area contributed by atoms with Gasteiger partial charge in [-0.2, -0.15) is 0 Å². The first-order valence-electron chi connectivity index (χ1n) is 7.66. The number of halogens is 1. The highest BCUT2D eigenvalue weighted by Crippen LogP contribution is 2.29. The minimum Gasteiger partial charge on any atom is -0.376 e. The predicted octanol–water partition coefficient (Wildman–Crippen LogP) is 3.84. The number of anilines is 1. The van der Waals surface area contributed by atoms with Crippen molar-refractivity contribution in [3.05, 3.63) is 28.8 Å². The van der Waals surface area contributed by atoms with Crippen molar-refractivity contribution >= 4 is 17.3 Å². The number of nitrogens with one attached hydrogen (secondary N) is 1. The molecule has 0 aliphatic carbocycles. The molecule has 0 radical (unpaired) electrons. The van der Waals surface area contributed by atoms with E-state index in [2.05, 4.69) is 57.1 Å². The zero-order chi connectivity index (χ0) is 15.6. The summed E-state index contributed by atoms with van der Waals surface area (Å²) in [5, 5.41) is 4.33. The maximum Gasteiger partial charge on any atom is 0.0750 e. The van der Waals surface area contributed by atoms with Gasteiger partial charge in [0.25, 0.3) is 0 Å². The van der Waals surface area contributed by atoms with Gasteiger partial charge in [-0.25, -0.2) is 0 Å². The normalized spacial score (nSPS) is 22.6. The van der Waals surface area contributed by atoms with Crippen LogP contribution in [0.1, 0.15) is 39.7 Å². The van der Waals surface area contributed by atoms with E-state index < -0.39 is 0 Å². The van der Waals surface area contributed by atoms with Crippen LogP contribution < -0.4 is 10.2 Å². The second kappa shape index (κ2) is 6.55. The predicted molar refractivity (Wildman–Crippen MR) is 90.3 cm³/mol. The topological polar surface area (TPSA) is 24.5 Å². The Morgan fingerprint density at radius 3 is 2.67 bits per heavy atom. The van der Waals surface area contributed by atoms with Crippen molar-refractivity contribution < 1.29 is 4.74 Å². The van der Waals surface area contributed by atoms with Crippen LogP contribution in [0.15, 0.2) is 18.2 Å². The molecule has 4 heteroatoms. The van der Waals surface area contributed by atoms with Crippen LogP contribution in [0.25, 0.3) is 0 Å². The molecule has 1 heterocycles. The van der Waals surface area contributed by atoms with E-state index in [4.69, 9.17) is 16.3 Å². The van der Waals surface area contributed by atoms with E-state index in [1.54, 1.807) is 0 Å². The van der Waals surface area contributed by atoms with Crippen molar-refractivity contribution in [2.45, 2.75) is 58.3 Å². The maximum atomic E-state index is 6.19. The zero-order valence-electron chi connectivity index (χ0n) is 13.7. The number of benzene rings is 1. The van der Waals surface area contributed by atoms with Gasteiger partial charge < -0.3 is 15.0 Å². The van der Waals surface area contributed by atoms with Crippen molar-refractivity contribution in [3.8, 4) is 0 Å². The Bertz CT molecular complexity index is 484. The molecule has 1 aliphatic heterocycles. The number of ether oxygens (including phenoxy) is 1. The smallest absolute Gasteiger partial charge is 0.0750 e. The maximum absolute atomic E-state index is 6.19. The minimum atomic E-state index is 0.0852. The van der Waals surface area contributed by atoms with Gasteiger partial charge in [-0.15, -0.1) is 0 Å². The summed E-state index contributed by atoms with van der Waals surface area (Å²) in [5.74, 6) is 0. The largest absolute Gasteiger partial charge is 0.376 e. The molecule has 2 rings (SSSR count). The van der Waals surface area contributed by atoms with Crippen LogP contribution in [0.2, 0.25) is 5.02 Å². The van der Waals surface area contributed by atoms with Gasteiger partial charge in [0.1, 0.15) is 0 Å². The van der Waals surface area contributed by atoms with E-state index in [1.807, 2.05) is 6.07 Å². The molecule has 0 amide bonds. The van der Waals surface area contributed by atoms with E-state index >= 15 is 0 Å². The number of hydrogen-bond acceptors (Lipinski definition) is 3. The molecule has 0 bridgehead atoms. The third-order valence-electron chi connectivity index (χ3n) is 4.06. The summed E-state index contributed by atoms with van der Waals surface area (Å²) < 4.78 is 5.70. The van der Waals surface area contributed by atoms with Gasteiger partial charge >= 0.3 is 0 Å². The van der Waals surface area contributed by atoms with Gasteiger partial charge in [0, 0.05) is 36.4 Å². The SMILES string of the molecule is CC1OCCC1N(C)c1ccc(Cl)cc1CNC(C)(C)C. The van der Waals surface area contributed by atoms with Gasteiger partial charge in [-0.05, 0) is 57.9 Å². The van der Waals surface area contributed by atoms with Crippen molar-refractivity contribution in [2.24, 2.45) is 0 Å². The van der Waals surface area contributed by atoms with E-state index in [1.165, 1.54) is 11.3 Å². The molecular weight excluding hydrogens is 284 g/mol. The first-order chi connectivity index (χ1) is 9.78. The highest BCUT2D eigenvalue weighted by Gasteiger charge is 2.29. The summed E-state index contributed by atoms with van der Waals surface area (Å²) in [6.45, 7) is 10.3. The second-order valence-electron chi connectivity index (χ2n) is 6.92. The molecule has 0 aromatic heterocycles. The Morgan fingerprint density at radius 1 is 1.38 bits per heavy atom. The Morgan fingerprint density at radius 2 is 2.10 bits per heavy atom. The summed E-state index contributed by atoms with van der Waals surface area (Å²) in [7, 11) is 2.15. The van der Waals surface area contributed by atoms with Gasteiger partial charge in [0.15, 0.2) is 0 Å². The third kappa shape index (κ3) is 4.35. The van der Waals surface area contributed by atoms with Crippen molar-refractivity contribution in [2.75, 3.05) is 18.6 Å². The van der Waals surface area contributed by atoms with Gasteiger partial charge in [-0.1, -0.05) is 11.6 Å². The molecule has 21 heavy (non-hydrogen) atoms. The van der Waals surface area contributed by atoms with Crippen molar-refractivity contribution in [1.82, 2.24) is 5.32 Å². The lowest BCUT2D eigenvalue weighted by Crippen LogP contribution is -2.39. The molecule has 0 saturated carbocycles. The van der Waals surface area contributed by atoms with Crippen LogP contribution in [0.5, 0.6) is 0 Å². The number of hydrogen-bond donors (Lipinski definition) is 1. The summed E-state index contributed by atoms with van der Waals surface area (Å²) >= 11 is 6.19. The Balaban J connectivity index is 2.21. The second-order valence-corrected chi connectivity index (χ2v) is 7.36. The average molecular weight is 311 g/mol. The monoisotopic (exact) mass is 310 g/mol. The molecule has 1 aromatic rings. The third-order valence-corrected chi connectivity index (χ3v) is 4.30. The fourth-order valence-corrected chi connectivity index (χ4v) is 3.00. The molecule has 1 aliphatic rings. The van der Waals surface area contributed by atoms with E-state index in [-0.39, 0.29) is 11.6 Å². The molecule has 1 N–H and O–H groups in total. The first kappa shape index (κ1) is 16.6. The van der Waals surface area contributed by atoms with E-state index in [0.29, 0.717) is 6.04 Å². The van der Waals surface area contributed by atoms with Crippen LogP contribution in [0, 0.1) is 0 Å². The van der Waals surface area contributed by atoms with Gasteiger partial charge in [-0.3, -0.25) is 0 Å². The fraction of sp³-hybridized carbons (Fsp3) is 0.647. The molecule has 0 spiro atoms. The number of rotatable bonds is 4.